The van der Waals surface area contributed by atoms with Gasteiger partial charge in [-0.15, -0.1) is 0 Å². The Balaban J connectivity index is 1.69. The molecule has 1 saturated heterocycles. The number of carbonyl (C=O) groups excluding carboxylic acids is 1. The van der Waals surface area contributed by atoms with Gasteiger partial charge in [-0.1, -0.05) is 12.2 Å². The van der Waals surface area contributed by atoms with E-state index in [4.69, 9.17) is 0 Å². The molecule has 5 nitrogen and oxygen atoms in total. The molecule has 2 rings (SSSR count). The normalized spacial score (nSPS) is 22.9. The van der Waals surface area contributed by atoms with Crippen molar-refractivity contribution in [1.29, 1.82) is 0 Å². The van der Waals surface area contributed by atoms with Crippen LogP contribution >= 0.6 is 0 Å². The predicted octanol–water partition coefficient (Wildman–Crippen LogP) is 0.473. The van der Waals surface area contributed by atoms with Gasteiger partial charge in [0.25, 0.3) is 0 Å². The molecule has 2 amide bonds. The summed E-state index contributed by atoms with van der Waals surface area (Å²) in [5, 5.41) is 3.89. The second-order valence-electron chi connectivity index (χ2n) is 3.95. The van der Waals surface area contributed by atoms with E-state index in [2.05, 4.69) is 23.0 Å². The summed E-state index contributed by atoms with van der Waals surface area (Å²) in [6.07, 6.45) is 7.56. The SMILES string of the molecule is O=C(NN1CC=CCC1)NN1CCCC1. The van der Waals surface area contributed by atoms with E-state index in [1.807, 2.05) is 10.0 Å². The monoisotopic (exact) mass is 210 g/mol. The lowest BCUT2D eigenvalue weighted by molar-refractivity contribution is 0.157. The molecule has 0 atom stereocenters. The Bertz CT molecular complexity index is 248. The molecular formula is C10H18N4O. The first-order chi connectivity index (χ1) is 7.34. The van der Waals surface area contributed by atoms with Crippen LogP contribution in [0.2, 0.25) is 0 Å². The van der Waals surface area contributed by atoms with Gasteiger partial charge in [-0.05, 0) is 19.3 Å². The van der Waals surface area contributed by atoms with Crippen LogP contribution in [0.3, 0.4) is 0 Å². The molecule has 2 heterocycles. The molecule has 0 aromatic heterocycles. The molecule has 1 fully saturated rings. The number of carbonyl (C=O) groups is 1. The van der Waals surface area contributed by atoms with Crippen LogP contribution < -0.4 is 10.9 Å². The number of urea groups is 1. The maximum atomic E-state index is 11.5. The van der Waals surface area contributed by atoms with E-state index in [-0.39, 0.29) is 6.03 Å². The zero-order valence-corrected chi connectivity index (χ0v) is 8.91. The summed E-state index contributed by atoms with van der Waals surface area (Å²) in [4.78, 5) is 11.5. The number of rotatable bonds is 2. The van der Waals surface area contributed by atoms with E-state index in [0.29, 0.717) is 0 Å². The lowest BCUT2D eigenvalue weighted by Gasteiger charge is -2.25. The second kappa shape index (κ2) is 5.14. The van der Waals surface area contributed by atoms with Gasteiger partial charge in [0, 0.05) is 26.2 Å². The second-order valence-corrected chi connectivity index (χ2v) is 3.95. The van der Waals surface area contributed by atoms with E-state index in [1.165, 1.54) is 12.8 Å². The molecule has 2 N–H and O–H groups in total. The number of hydrogen-bond acceptors (Lipinski definition) is 3. The van der Waals surface area contributed by atoms with Crippen LogP contribution in [-0.2, 0) is 0 Å². The molecule has 0 aromatic rings. The first-order valence-electron chi connectivity index (χ1n) is 5.57. The lowest BCUT2D eigenvalue weighted by Crippen LogP contribution is -2.52. The molecule has 2 aliphatic heterocycles. The molecule has 84 valence electrons. The van der Waals surface area contributed by atoms with Crippen molar-refractivity contribution in [2.45, 2.75) is 19.3 Å². The highest BCUT2D eigenvalue weighted by molar-refractivity contribution is 5.72. The zero-order chi connectivity index (χ0) is 10.5. The summed E-state index contributed by atoms with van der Waals surface area (Å²) in [5.41, 5.74) is 5.68. The number of hydrazine groups is 2. The number of amides is 2. The number of nitrogens with one attached hydrogen (secondary N) is 2. The van der Waals surface area contributed by atoms with Crippen LogP contribution in [0.25, 0.3) is 0 Å². The summed E-state index contributed by atoms with van der Waals surface area (Å²) >= 11 is 0. The first kappa shape index (κ1) is 10.4. The van der Waals surface area contributed by atoms with Crippen LogP contribution in [0.5, 0.6) is 0 Å². The number of nitrogens with zero attached hydrogens (tertiary/aromatic N) is 2. The highest BCUT2D eigenvalue weighted by atomic mass is 16.2. The largest absolute Gasteiger partial charge is 0.343 e. The molecule has 0 bridgehead atoms. The van der Waals surface area contributed by atoms with E-state index in [9.17, 15) is 4.79 Å². The Morgan fingerprint density at radius 3 is 2.40 bits per heavy atom. The van der Waals surface area contributed by atoms with Crippen molar-refractivity contribution in [1.82, 2.24) is 20.9 Å². The van der Waals surface area contributed by atoms with E-state index >= 15 is 0 Å². The third-order valence-corrected chi connectivity index (χ3v) is 2.68. The standard InChI is InChI=1S/C10H18N4O/c15-10(12-14-8-4-5-9-14)11-13-6-2-1-3-7-13/h1-2H,3-9H2,(H2,11,12,15). The fraction of sp³-hybridized carbons (Fsp3) is 0.700. The fourth-order valence-corrected chi connectivity index (χ4v) is 1.88. The van der Waals surface area contributed by atoms with Gasteiger partial charge in [0.2, 0.25) is 0 Å². The van der Waals surface area contributed by atoms with Gasteiger partial charge in [0.15, 0.2) is 0 Å². The van der Waals surface area contributed by atoms with Gasteiger partial charge in [-0.3, -0.25) is 10.9 Å². The Kier molecular flexibility index (Phi) is 3.58. The molecule has 5 heteroatoms. The average Bonchev–Trinajstić information content (AvgIpc) is 2.71. The first-order valence-corrected chi connectivity index (χ1v) is 5.57. The van der Waals surface area contributed by atoms with Crippen LogP contribution in [-0.4, -0.2) is 42.2 Å². The minimum absolute atomic E-state index is 0.118. The van der Waals surface area contributed by atoms with Gasteiger partial charge >= 0.3 is 6.03 Å². The van der Waals surface area contributed by atoms with E-state index in [1.54, 1.807) is 0 Å². The molecule has 0 aliphatic carbocycles. The van der Waals surface area contributed by atoms with Gasteiger partial charge in [0.05, 0.1) is 0 Å². The molecule has 0 unspecified atom stereocenters. The van der Waals surface area contributed by atoms with Crippen molar-refractivity contribution in [2.75, 3.05) is 26.2 Å². The summed E-state index contributed by atoms with van der Waals surface area (Å²) < 4.78 is 0. The molecule has 2 aliphatic rings. The van der Waals surface area contributed by atoms with E-state index in [0.717, 1.165) is 32.6 Å². The minimum atomic E-state index is -0.118. The van der Waals surface area contributed by atoms with Crippen LogP contribution in [0, 0.1) is 0 Å². The summed E-state index contributed by atoms with van der Waals surface area (Å²) in [6.45, 7) is 3.62. The Morgan fingerprint density at radius 2 is 1.73 bits per heavy atom. The summed E-state index contributed by atoms with van der Waals surface area (Å²) in [7, 11) is 0. The molecule has 0 saturated carbocycles. The fourth-order valence-electron chi connectivity index (χ4n) is 1.88. The van der Waals surface area contributed by atoms with Crippen molar-refractivity contribution in [3.63, 3.8) is 0 Å². The zero-order valence-electron chi connectivity index (χ0n) is 8.91. The van der Waals surface area contributed by atoms with Crippen molar-refractivity contribution in [3.05, 3.63) is 12.2 Å². The Hall–Kier alpha value is -1.07. The highest BCUT2D eigenvalue weighted by Gasteiger charge is 2.15. The molecule has 0 aromatic carbocycles. The van der Waals surface area contributed by atoms with Gasteiger partial charge in [-0.25, -0.2) is 14.8 Å². The third kappa shape index (κ3) is 3.21. The van der Waals surface area contributed by atoms with Crippen LogP contribution in [0.15, 0.2) is 12.2 Å². The van der Waals surface area contributed by atoms with Gasteiger partial charge < -0.3 is 0 Å². The molecular weight excluding hydrogens is 192 g/mol. The van der Waals surface area contributed by atoms with Crippen molar-refractivity contribution in [3.8, 4) is 0 Å². The smallest absolute Gasteiger partial charge is 0.270 e. The summed E-state index contributed by atoms with van der Waals surface area (Å²) in [6, 6.07) is -0.118. The maximum absolute atomic E-state index is 11.5. The molecule has 0 spiro atoms. The quantitative estimate of drug-likeness (QED) is 0.651. The van der Waals surface area contributed by atoms with Crippen molar-refractivity contribution in [2.24, 2.45) is 0 Å². The average molecular weight is 210 g/mol. The third-order valence-electron chi connectivity index (χ3n) is 2.68. The predicted molar refractivity (Wildman–Crippen MR) is 57.8 cm³/mol. The molecule has 0 radical (unpaired) electrons. The lowest BCUT2D eigenvalue weighted by atomic mass is 10.3. The Morgan fingerprint density at radius 1 is 1.00 bits per heavy atom. The van der Waals surface area contributed by atoms with Gasteiger partial charge in [-0.2, -0.15) is 0 Å². The van der Waals surface area contributed by atoms with Crippen molar-refractivity contribution < 1.29 is 4.79 Å². The highest BCUT2D eigenvalue weighted by Crippen LogP contribution is 2.03. The van der Waals surface area contributed by atoms with E-state index < -0.39 is 0 Å². The van der Waals surface area contributed by atoms with Crippen molar-refractivity contribution >= 4 is 6.03 Å². The van der Waals surface area contributed by atoms with Gasteiger partial charge in [0.1, 0.15) is 0 Å². The topological polar surface area (TPSA) is 47.6 Å². The minimum Gasteiger partial charge on any atom is -0.270 e. The number of hydrogen-bond donors (Lipinski definition) is 2. The molecule has 15 heavy (non-hydrogen) atoms. The van der Waals surface area contributed by atoms with Crippen LogP contribution in [0.1, 0.15) is 19.3 Å². The maximum Gasteiger partial charge on any atom is 0.343 e. The Labute approximate surface area is 90.0 Å². The summed E-state index contributed by atoms with van der Waals surface area (Å²) in [5.74, 6) is 0. The van der Waals surface area contributed by atoms with Crippen LogP contribution in [0.4, 0.5) is 4.79 Å².